The number of aromatic nitrogens is 3. The molecule has 3 aromatic rings. The largest absolute Gasteiger partial charge is 0.481 e. The van der Waals surface area contributed by atoms with Crippen LogP contribution < -0.4 is 9.46 Å². The van der Waals surface area contributed by atoms with Crippen LogP contribution in [0.1, 0.15) is 5.56 Å². The van der Waals surface area contributed by atoms with Crippen LogP contribution in [0.4, 0.5) is 14.7 Å². The smallest absolute Gasteiger partial charge is 0.266 e. The number of nitrogens with one attached hydrogen (secondary N) is 2. The van der Waals surface area contributed by atoms with Crippen molar-refractivity contribution >= 4 is 48.3 Å². The molecule has 0 aliphatic heterocycles. The number of hydrogen-bond donors (Lipinski definition) is 2. The molecule has 2 N–H and O–H groups in total. The van der Waals surface area contributed by atoms with Crippen molar-refractivity contribution in [3.63, 3.8) is 0 Å². The van der Waals surface area contributed by atoms with Gasteiger partial charge in [-0.3, -0.25) is 0 Å². The maximum atomic E-state index is 12.8. The number of alkyl halides is 2. The summed E-state index contributed by atoms with van der Waals surface area (Å²) in [7, 11) is -6.84. The van der Waals surface area contributed by atoms with Crippen LogP contribution in [-0.2, 0) is 26.3 Å². The van der Waals surface area contributed by atoms with Crippen LogP contribution in [0.2, 0.25) is 5.02 Å². The molecule has 9 nitrogen and oxygen atoms in total. The zero-order chi connectivity index (χ0) is 22.3. The molecule has 2 heterocycles. The Kier molecular flexibility index (Phi) is 5.89. The number of hydrogen-bond acceptors (Lipinski definition) is 7. The molecule has 0 radical (unpaired) electrons. The number of rotatable bonds is 7. The molecule has 0 atom stereocenters. The Balaban J connectivity index is 2.04. The number of ether oxygens (including phenoxy) is 1. The molecule has 1 aromatic carbocycles. The molecule has 0 saturated carbocycles. The standard InChI is InChI=1S/C16H15ClF2N4O5S2/c1-28-15-8(5-12(18)19)6-21-16(22-15)23-30(26,27)11-7-20-13-9(11)3-4-10(17)14(13)29(2,24)25/h3-4,6-7,12,20H,5H2,1-2H3,(H,21,22,23). The molecule has 30 heavy (non-hydrogen) atoms. The van der Waals surface area contributed by atoms with E-state index in [9.17, 15) is 25.6 Å². The van der Waals surface area contributed by atoms with Crippen LogP contribution in [0.15, 0.2) is 34.3 Å². The van der Waals surface area contributed by atoms with E-state index in [0.717, 1.165) is 18.6 Å². The van der Waals surface area contributed by atoms with Crippen molar-refractivity contribution in [1.82, 2.24) is 15.0 Å². The fourth-order valence-electron chi connectivity index (χ4n) is 2.80. The molecule has 0 aliphatic rings. The molecule has 162 valence electrons. The van der Waals surface area contributed by atoms with Crippen molar-refractivity contribution in [3.05, 3.63) is 35.1 Å². The number of nitrogens with zero attached hydrogens (tertiary/aromatic N) is 2. The van der Waals surface area contributed by atoms with Gasteiger partial charge in [0.25, 0.3) is 10.0 Å². The molecule has 0 bridgehead atoms. The summed E-state index contributed by atoms with van der Waals surface area (Å²) in [5.74, 6) is -0.607. The van der Waals surface area contributed by atoms with Gasteiger partial charge >= 0.3 is 0 Å². The van der Waals surface area contributed by atoms with Gasteiger partial charge in [0.2, 0.25) is 18.3 Å². The molecule has 0 spiro atoms. The molecule has 0 fully saturated rings. The van der Waals surface area contributed by atoms with E-state index in [1.165, 1.54) is 19.2 Å². The summed E-state index contributed by atoms with van der Waals surface area (Å²) < 4.78 is 82.0. The van der Waals surface area contributed by atoms with Crippen LogP contribution >= 0.6 is 11.6 Å². The van der Waals surface area contributed by atoms with E-state index < -0.39 is 38.7 Å². The molecular formula is C16H15ClF2N4O5S2. The lowest BCUT2D eigenvalue weighted by atomic mass is 10.2. The third-order valence-electron chi connectivity index (χ3n) is 4.00. The molecular weight excluding hydrogens is 466 g/mol. The maximum Gasteiger partial charge on any atom is 0.266 e. The fourth-order valence-corrected chi connectivity index (χ4v) is 5.47. The van der Waals surface area contributed by atoms with Gasteiger partial charge in [-0.05, 0) is 12.1 Å². The summed E-state index contributed by atoms with van der Waals surface area (Å²) in [6.45, 7) is 0. The van der Waals surface area contributed by atoms with Crippen molar-refractivity contribution in [2.45, 2.75) is 22.6 Å². The Labute approximate surface area is 175 Å². The van der Waals surface area contributed by atoms with Gasteiger partial charge in [0.05, 0.1) is 17.6 Å². The number of benzene rings is 1. The summed E-state index contributed by atoms with van der Waals surface area (Å²) in [4.78, 5) is 9.65. The van der Waals surface area contributed by atoms with E-state index in [-0.39, 0.29) is 37.2 Å². The lowest BCUT2D eigenvalue weighted by Gasteiger charge is -2.10. The highest BCUT2D eigenvalue weighted by atomic mass is 35.5. The first-order valence-corrected chi connectivity index (χ1v) is 11.9. The number of sulfonamides is 1. The van der Waals surface area contributed by atoms with Crippen molar-refractivity contribution in [3.8, 4) is 5.88 Å². The first-order chi connectivity index (χ1) is 13.9. The third-order valence-corrected chi connectivity index (χ3v) is 6.96. The Morgan fingerprint density at radius 1 is 1.27 bits per heavy atom. The number of sulfone groups is 1. The normalized spacial score (nSPS) is 12.5. The second-order valence-electron chi connectivity index (χ2n) is 6.15. The van der Waals surface area contributed by atoms with Crippen LogP contribution in [0, 0.1) is 0 Å². The van der Waals surface area contributed by atoms with Crippen LogP contribution in [0.3, 0.4) is 0 Å². The quantitative estimate of drug-likeness (QED) is 0.531. The summed E-state index contributed by atoms with van der Waals surface area (Å²) >= 11 is 5.97. The van der Waals surface area contributed by atoms with Gasteiger partial charge in [-0.25, -0.2) is 35.3 Å². The number of fused-ring (bicyclic) bond motifs is 1. The van der Waals surface area contributed by atoms with E-state index in [2.05, 4.69) is 19.7 Å². The number of anilines is 1. The van der Waals surface area contributed by atoms with E-state index in [1.807, 2.05) is 0 Å². The Morgan fingerprint density at radius 3 is 2.57 bits per heavy atom. The van der Waals surface area contributed by atoms with Crippen molar-refractivity contribution in [2.75, 3.05) is 18.1 Å². The average Bonchev–Trinajstić information content (AvgIpc) is 3.05. The van der Waals surface area contributed by atoms with Gasteiger partial charge in [-0.15, -0.1) is 0 Å². The first-order valence-electron chi connectivity index (χ1n) is 8.14. The minimum atomic E-state index is -4.28. The zero-order valence-electron chi connectivity index (χ0n) is 15.5. The van der Waals surface area contributed by atoms with Gasteiger partial charge in [-0.2, -0.15) is 4.98 Å². The Bertz CT molecular complexity index is 1330. The number of H-pyrrole nitrogens is 1. The van der Waals surface area contributed by atoms with Crippen LogP contribution in [-0.4, -0.2) is 51.6 Å². The minimum Gasteiger partial charge on any atom is -0.481 e. The molecule has 2 aromatic heterocycles. The van der Waals surface area contributed by atoms with E-state index in [1.54, 1.807) is 0 Å². The molecule has 0 amide bonds. The third kappa shape index (κ3) is 4.32. The monoisotopic (exact) mass is 480 g/mol. The molecule has 0 unspecified atom stereocenters. The molecule has 0 saturated heterocycles. The highest BCUT2D eigenvalue weighted by molar-refractivity contribution is 7.93. The van der Waals surface area contributed by atoms with Crippen LogP contribution in [0.5, 0.6) is 5.88 Å². The lowest BCUT2D eigenvalue weighted by Crippen LogP contribution is -2.15. The average molecular weight is 481 g/mol. The molecule has 14 heteroatoms. The van der Waals surface area contributed by atoms with Crippen molar-refractivity contribution < 1.29 is 30.4 Å². The van der Waals surface area contributed by atoms with E-state index >= 15 is 0 Å². The zero-order valence-corrected chi connectivity index (χ0v) is 17.9. The number of aromatic amines is 1. The number of halogens is 3. The van der Waals surface area contributed by atoms with Gasteiger partial charge in [0, 0.05) is 36.0 Å². The van der Waals surface area contributed by atoms with Gasteiger partial charge in [0.1, 0.15) is 9.79 Å². The first kappa shape index (κ1) is 22.2. The second-order valence-corrected chi connectivity index (χ2v) is 10.2. The highest BCUT2D eigenvalue weighted by Crippen LogP contribution is 2.33. The predicted octanol–water partition coefficient (Wildman–Crippen LogP) is 2.63. The summed E-state index contributed by atoms with van der Waals surface area (Å²) in [6, 6.07) is 2.62. The van der Waals surface area contributed by atoms with Crippen molar-refractivity contribution in [2.24, 2.45) is 0 Å². The minimum absolute atomic E-state index is 0.00924. The maximum absolute atomic E-state index is 12.8. The Hall–Kier alpha value is -2.51. The van der Waals surface area contributed by atoms with Gasteiger partial charge in [0.15, 0.2) is 9.84 Å². The van der Waals surface area contributed by atoms with E-state index in [4.69, 9.17) is 16.3 Å². The predicted molar refractivity (Wildman–Crippen MR) is 106 cm³/mol. The van der Waals surface area contributed by atoms with Crippen molar-refractivity contribution in [1.29, 1.82) is 0 Å². The summed E-state index contributed by atoms with van der Waals surface area (Å²) in [6.07, 6.45) is -0.241. The van der Waals surface area contributed by atoms with Gasteiger partial charge < -0.3 is 9.72 Å². The summed E-state index contributed by atoms with van der Waals surface area (Å²) in [5, 5.41) is 0.0139. The fraction of sp³-hybridized carbons (Fsp3) is 0.250. The SMILES string of the molecule is COc1nc(NS(=O)(=O)c2c[nH]c3c(S(C)(=O)=O)c(Cl)ccc23)ncc1CC(F)F. The summed E-state index contributed by atoms with van der Waals surface area (Å²) in [5.41, 5.74) is 0.0335. The Morgan fingerprint density at radius 2 is 1.97 bits per heavy atom. The highest BCUT2D eigenvalue weighted by Gasteiger charge is 2.25. The topological polar surface area (TPSA) is 131 Å². The molecule has 3 rings (SSSR count). The number of methoxy groups -OCH3 is 1. The van der Waals surface area contributed by atoms with Gasteiger partial charge in [-0.1, -0.05) is 11.6 Å². The molecule has 0 aliphatic carbocycles. The van der Waals surface area contributed by atoms with E-state index in [0.29, 0.717) is 0 Å². The van der Waals surface area contributed by atoms with Crippen LogP contribution in [0.25, 0.3) is 10.9 Å². The lowest BCUT2D eigenvalue weighted by molar-refractivity contribution is 0.147. The second kappa shape index (κ2) is 7.96.